The predicted octanol–water partition coefficient (Wildman–Crippen LogP) is 5.77. The maximum absolute atomic E-state index is 12.3. The van der Waals surface area contributed by atoms with Gasteiger partial charge < -0.3 is 9.47 Å². The molecule has 0 amide bonds. The first kappa shape index (κ1) is 18.0. The van der Waals surface area contributed by atoms with Crippen molar-refractivity contribution in [1.29, 1.82) is 0 Å². The van der Waals surface area contributed by atoms with Crippen molar-refractivity contribution in [2.45, 2.75) is 20.8 Å². The number of hydrogen-bond acceptors (Lipinski definition) is 3. The molecule has 2 rings (SSSR count). The lowest BCUT2D eigenvalue weighted by Gasteiger charge is -2.12. The van der Waals surface area contributed by atoms with Crippen molar-refractivity contribution in [3.63, 3.8) is 0 Å². The smallest absolute Gasteiger partial charge is 0.343 e. The van der Waals surface area contributed by atoms with Crippen LogP contribution < -0.4 is 9.47 Å². The van der Waals surface area contributed by atoms with Crippen LogP contribution in [0.4, 0.5) is 0 Å². The molecule has 0 saturated carbocycles. The summed E-state index contributed by atoms with van der Waals surface area (Å²) in [4.78, 5) is 12.3. The Labute approximate surface area is 153 Å². The fourth-order valence-corrected chi connectivity index (χ4v) is 2.92. The lowest BCUT2D eigenvalue weighted by atomic mass is 10.2. The Balaban J connectivity index is 2.12. The lowest BCUT2D eigenvalue weighted by Crippen LogP contribution is -2.10. The van der Waals surface area contributed by atoms with E-state index in [1.54, 1.807) is 24.3 Å². The summed E-state index contributed by atoms with van der Waals surface area (Å²) in [7, 11) is 0. The Hall–Kier alpha value is -1.33. The summed E-state index contributed by atoms with van der Waals surface area (Å²) in [6.45, 7) is 6.76. The van der Waals surface area contributed by atoms with Gasteiger partial charge in [-0.3, -0.25) is 0 Å². The van der Waals surface area contributed by atoms with Crippen LogP contribution in [0.2, 0.25) is 0 Å². The summed E-state index contributed by atoms with van der Waals surface area (Å²) in [6.07, 6.45) is 0. The fourth-order valence-electron chi connectivity index (χ4n) is 1.85. The van der Waals surface area contributed by atoms with E-state index in [2.05, 4.69) is 45.7 Å². The number of benzene rings is 2. The fraction of sp³-hybridized carbons (Fsp3) is 0.278. The number of rotatable bonds is 5. The zero-order valence-corrected chi connectivity index (χ0v) is 16.4. The molecular weight excluding hydrogens is 424 g/mol. The molecule has 5 heteroatoms. The van der Waals surface area contributed by atoms with Gasteiger partial charge in [0.25, 0.3) is 0 Å². The van der Waals surface area contributed by atoms with Crippen molar-refractivity contribution in [3.8, 4) is 11.5 Å². The second-order valence-electron chi connectivity index (χ2n) is 5.67. The number of hydrogen-bond donors (Lipinski definition) is 0. The summed E-state index contributed by atoms with van der Waals surface area (Å²) in [5, 5.41) is 0. The van der Waals surface area contributed by atoms with Crippen molar-refractivity contribution >= 4 is 37.8 Å². The zero-order valence-electron chi connectivity index (χ0n) is 13.2. The molecule has 23 heavy (non-hydrogen) atoms. The van der Waals surface area contributed by atoms with Crippen LogP contribution in [0.15, 0.2) is 45.3 Å². The number of carbonyl (C=O) groups excluding carboxylic acids is 1. The molecule has 0 atom stereocenters. The molecule has 0 aromatic heterocycles. The molecule has 0 aliphatic rings. The number of aryl methyl sites for hydroxylation is 1. The molecule has 0 unspecified atom stereocenters. The third-order valence-corrected chi connectivity index (χ3v) is 4.27. The van der Waals surface area contributed by atoms with Gasteiger partial charge in [-0.25, -0.2) is 4.79 Å². The van der Waals surface area contributed by atoms with Gasteiger partial charge in [-0.05, 0) is 80.6 Å². The van der Waals surface area contributed by atoms with Gasteiger partial charge in [0.15, 0.2) is 0 Å². The summed E-state index contributed by atoms with van der Waals surface area (Å²) in [5.41, 5.74) is 1.55. The van der Waals surface area contributed by atoms with E-state index in [-0.39, 0.29) is 0 Å². The summed E-state index contributed by atoms with van der Waals surface area (Å²) >= 11 is 6.83. The van der Waals surface area contributed by atoms with Crippen LogP contribution in [0, 0.1) is 12.8 Å². The van der Waals surface area contributed by atoms with Crippen molar-refractivity contribution in [2.75, 3.05) is 6.61 Å². The summed E-state index contributed by atoms with van der Waals surface area (Å²) in [5.74, 6) is 1.24. The number of halogens is 2. The van der Waals surface area contributed by atoms with Gasteiger partial charge in [0, 0.05) is 0 Å². The highest BCUT2D eigenvalue weighted by atomic mass is 79.9. The topological polar surface area (TPSA) is 35.5 Å². The molecule has 2 aromatic rings. The van der Waals surface area contributed by atoms with Gasteiger partial charge in [0.05, 0.1) is 21.1 Å². The van der Waals surface area contributed by atoms with Crippen LogP contribution in [-0.2, 0) is 0 Å². The molecule has 0 heterocycles. The summed E-state index contributed by atoms with van der Waals surface area (Å²) in [6, 6.07) is 10.7. The molecule has 3 nitrogen and oxygen atoms in total. The van der Waals surface area contributed by atoms with Crippen molar-refractivity contribution < 1.29 is 14.3 Å². The average molecular weight is 442 g/mol. The van der Waals surface area contributed by atoms with E-state index < -0.39 is 5.97 Å². The Bertz CT molecular complexity index is 711. The molecule has 0 saturated heterocycles. The molecule has 0 spiro atoms. The van der Waals surface area contributed by atoms with Crippen LogP contribution in [0.3, 0.4) is 0 Å². The third kappa shape index (κ3) is 5.08. The molecular formula is C18H18Br2O3. The van der Waals surface area contributed by atoms with Gasteiger partial charge in [-0.2, -0.15) is 0 Å². The standard InChI is InChI=1S/C18H18Br2O3/c1-11(2)10-22-16-7-5-13(9-15(16)20)18(21)23-17-6-4-12(3)8-14(17)19/h4-9,11H,10H2,1-3H3. The average Bonchev–Trinajstić information content (AvgIpc) is 2.48. The Morgan fingerprint density at radius 1 is 1.04 bits per heavy atom. The van der Waals surface area contributed by atoms with Gasteiger partial charge in [0.2, 0.25) is 0 Å². The largest absolute Gasteiger partial charge is 0.492 e. The van der Waals surface area contributed by atoms with Crippen LogP contribution in [0.25, 0.3) is 0 Å². The normalized spacial score (nSPS) is 10.7. The Morgan fingerprint density at radius 2 is 1.70 bits per heavy atom. The first-order chi connectivity index (χ1) is 10.9. The number of ether oxygens (including phenoxy) is 2. The lowest BCUT2D eigenvalue weighted by molar-refractivity contribution is 0.0733. The maximum atomic E-state index is 12.3. The minimum absolute atomic E-state index is 0.411. The van der Waals surface area contributed by atoms with Gasteiger partial charge >= 0.3 is 5.97 Å². The highest BCUT2D eigenvalue weighted by molar-refractivity contribution is 9.10. The van der Waals surface area contributed by atoms with Crippen LogP contribution in [-0.4, -0.2) is 12.6 Å². The van der Waals surface area contributed by atoms with Gasteiger partial charge in [-0.15, -0.1) is 0 Å². The second kappa shape index (κ2) is 7.97. The minimum atomic E-state index is -0.411. The Kier molecular flexibility index (Phi) is 6.25. The quantitative estimate of drug-likeness (QED) is 0.436. The number of carbonyl (C=O) groups is 1. The first-order valence-corrected chi connectivity index (χ1v) is 8.86. The molecule has 2 aromatic carbocycles. The molecule has 0 radical (unpaired) electrons. The van der Waals surface area contributed by atoms with Crippen molar-refractivity contribution in [1.82, 2.24) is 0 Å². The van der Waals surface area contributed by atoms with Crippen LogP contribution >= 0.6 is 31.9 Å². The SMILES string of the molecule is Cc1ccc(OC(=O)c2ccc(OCC(C)C)c(Br)c2)c(Br)c1. The van der Waals surface area contributed by atoms with Crippen LogP contribution in [0.5, 0.6) is 11.5 Å². The molecule has 0 aliphatic carbocycles. The zero-order chi connectivity index (χ0) is 17.0. The minimum Gasteiger partial charge on any atom is -0.492 e. The van der Waals surface area contributed by atoms with Gasteiger partial charge in [0.1, 0.15) is 11.5 Å². The van der Waals surface area contributed by atoms with E-state index in [0.29, 0.717) is 29.6 Å². The third-order valence-electron chi connectivity index (χ3n) is 3.03. The molecule has 0 aliphatic heterocycles. The second-order valence-corrected chi connectivity index (χ2v) is 7.38. The monoisotopic (exact) mass is 440 g/mol. The van der Waals surface area contributed by atoms with Gasteiger partial charge in [-0.1, -0.05) is 19.9 Å². The Morgan fingerprint density at radius 3 is 2.30 bits per heavy atom. The first-order valence-electron chi connectivity index (χ1n) is 7.27. The number of esters is 1. The van der Waals surface area contributed by atoms with E-state index in [0.717, 1.165) is 14.5 Å². The predicted molar refractivity (Wildman–Crippen MR) is 98.3 cm³/mol. The van der Waals surface area contributed by atoms with E-state index in [1.165, 1.54) is 0 Å². The van der Waals surface area contributed by atoms with E-state index in [4.69, 9.17) is 9.47 Å². The van der Waals surface area contributed by atoms with Crippen molar-refractivity contribution in [2.24, 2.45) is 5.92 Å². The van der Waals surface area contributed by atoms with E-state index in [1.807, 2.05) is 19.1 Å². The summed E-state index contributed by atoms with van der Waals surface area (Å²) < 4.78 is 12.6. The molecule has 122 valence electrons. The van der Waals surface area contributed by atoms with E-state index in [9.17, 15) is 4.79 Å². The van der Waals surface area contributed by atoms with Crippen LogP contribution in [0.1, 0.15) is 29.8 Å². The molecule has 0 N–H and O–H groups in total. The maximum Gasteiger partial charge on any atom is 0.343 e. The molecule has 0 bridgehead atoms. The highest BCUT2D eigenvalue weighted by Gasteiger charge is 2.13. The highest BCUT2D eigenvalue weighted by Crippen LogP contribution is 2.29. The van der Waals surface area contributed by atoms with E-state index >= 15 is 0 Å². The van der Waals surface area contributed by atoms with Crippen molar-refractivity contribution in [3.05, 3.63) is 56.5 Å². The molecule has 0 fully saturated rings.